The Balaban J connectivity index is 1.58. The van der Waals surface area contributed by atoms with Gasteiger partial charge in [-0.15, -0.1) is 11.3 Å². The van der Waals surface area contributed by atoms with Gasteiger partial charge in [0.2, 0.25) is 5.91 Å². The standard InChI is InChI=1S/C22H27N3O4S/c1-3-28-22(27)24-18-8-6-12-25(13-18)21(26)11-10-17-7-4-5-9-20(17)29-14-19-15-30-16(2)23-19/h4-5,7,9-11,15,18H,3,6,8,12-14H2,1-2H3,(H,24,27)/b11-10+. The largest absolute Gasteiger partial charge is 0.487 e. The summed E-state index contributed by atoms with van der Waals surface area (Å²) >= 11 is 1.59. The molecule has 1 aromatic carbocycles. The minimum absolute atomic E-state index is 0.0877. The number of piperidine rings is 1. The number of aryl methyl sites for hydroxylation is 1. The second-order valence-electron chi connectivity index (χ2n) is 7.01. The number of para-hydroxylation sites is 1. The molecule has 8 heteroatoms. The van der Waals surface area contributed by atoms with Crippen LogP contribution >= 0.6 is 11.3 Å². The summed E-state index contributed by atoms with van der Waals surface area (Å²) in [6.45, 7) is 5.59. The molecule has 160 valence electrons. The predicted molar refractivity (Wildman–Crippen MR) is 116 cm³/mol. The van der Waals surface area contributed by atoms with Crippen molar-refractivity contribution in [2.24, 2.45) is 0 Å². The van der Waals surface area contributed by atoms with Gasteiger partial charge in [0.15, 0.2) is 0 Å². The number of benzene rings is 1. The van der Waals surface area contributed by atoms with Crippen molar-refractivity contribution in [3.63, 3.8) is 0 Å². The molecule has 1 aliphatic rings. The average molecular weight is 430 g/mol. The summed E-state index contributed by atoms with van der Waals surface area (Å²) in [5.41, 5.74) is 1.72. The highest BCUT2D eigenvalue weighted by molar-refractivity contribution is 7.09. The Bertz CT molecular complexity index is 896. The van der Waals surface area contributed by atoms with Crippen LogP contribution in [0.15, 0.2) is 35.7 Å². The second kappa shape index (κ2) is 10.8. The van der Waals surface area contributed by atoms with E-state index in [1.165, 1.54) is 0 Å². The van der Waals surface area contributed by atoms with Gasteiger partial charge in [-0.05, 0) is 38.8 Å². The summed E-state index contributed by atoms with van der Waals surface area (Å²) in [5, 5.41) is 5.80. The van der Waals surface area contributed by atoms with Crippen LogP contribution in [-0.2, 0) is 16.1 Å². The molecule has 3 rings (SSSR count). The molecule has 1 atom stereocenters. The monoisotopic (exact) mass is 429 g/mol. The van der Waals surface area contributed by atoms with Gasteiger partial charge in [0.25, 0.3) is 0 Å². The van der Waals surface area contributed by atoms with E-state index < -0.39 is 6.09 Å². The van der Waals surface area contributed by atoms with Crippen molar-refractivity contribution < 1.29 is 19.1 Å². The highest BCUT2D eigenvalue weighted by Gasteiger charge is 2.24. The van der Waals surface area contributed by atoms with Gasteiger partial charge < -0.3 is 19.7 Å². The average Bonchev–Trinajstić information content (AvgIpc) is 3.16. The number of nitrogens with one attached hydrogen (secondary N) is 1. The lowest BCUT2D eigenvalue weighted by Crippen LogP contribution is -2.49. The molecular weight excluding hydrogens is 402 g/mol. The molecule has 2 amide bonds. The summed E-state index contributed by atoms with van der Waals surface area (Å²) < 4.78 is 10.8. The molecule has 1 fully saturated rings. The third kappa shape index (κ3) is 6.32. The van der Waals surface area contributed by atoms with Gasteiger partial charge in [0, 0.05) is 36.2 Å². The quantitative estimate of drug-likeness (QED) is 0.678. The van der Waals surface area contributed by atoms with Crippen LogP contribution in [0.2, 0.25) is 0 Å². The van der Waals surface area contributed by atoms with Crippen molar-refractivity contribution >= 4 is 29.4 Å². The minimum atomic E-state index is -0.436. The van der Waals surface area contributed by atoms with E-state index in [9.17, 15) is 9.59 Å². The number of nitrogens with zero attached hydrogens (tertiary/aromatic N) is 2. The number of rotatable bonds is 7. The zero-order valence-electron chi connectivity index (χ0n) is 17.3. The van der Waals surface area contributed by atoms with Gasteiger partial charge in [-0.2, -0.15) is 0 Å². The molecule has 0 bridgehead atoms. The lowest BCUT2D eigenvalue weighted by atomic mass is 10.1. The van der Waals surface area contributed by atoms with E-state index in [0.717, 1.165) is 29.1 Å². The molecule has 0 aliphatic carbocycles. The van der Waals surface area contributed by atoms with E-state index >= 15 is 0 Å². The fourth-order valence-corrected chi connectivity index (χ4v) is 3.87. The first-order valence-electron chi connectivity index (χ1n) is 10.1. The Morgan fingerprint density at radius 3 is 2.97 bits per heavy atom. The highest BCUT2D eigenvalue weighted by atomic mass is 32.1. The van der Waals surface area contributed by atoms with Crippen LogP contribution in [-0.4, -0.2) is 47.6 Å². The van der Waals surface area contributed by atoms with Gasteiger partial charge in [0.05, 0.1) is 17.3 Å². The molecular formula is C22H27N3O4S. The first-order chi connectivity index (χ1) is 14.5. The normalized spacial score (nSPS) is 16.5. The fraction of sp³-hybridized carbons (Fsp3) is 0.409. The number of carbonyl (C=O) groups excluding carboxylic acids is 2. The maximum absolute atomic E-state index is 12.7. The number of ether oxygens (including phenoxy) is 2. The number of thiazole rings is 1. The molecule has 30 heavy (non-hydrogen) atoms. The van der Waals surface area contributed by atoms with Crippen LogP contribution in [0.1, 0.15) is 36.0 Å². The van der Waals surface area contributed by atoms with E-state index in [1.807, 2.05) is 36.6 Å². The van der Waals surface area contributed by atoms with Crippen LogP contribution in [0.25, 0.3) is 6.08 Å². The van der Waals surface area contributed by atoms with Crippen molar-refractivity contribution in [3.8, 4) is 5.75 Å². The maximum atomic E-state index is 12.7. The van der Waals surface area contributed by atoms with Gasteiger partial charge in [-0.1, -0.05) is 18.2 Å². The van der Waals surface area contributed by atoms with Gasteiger partial charge in [-0.25, -0.2) is 9.78 Å². The SMILES string of the molecule is CCOC(=O)NC1CCCN(C(=O)/C=C/c2ccccc2OCc2csc(C)n2)C1. The Morgan fingerprint density at radius 1 is 1.37 bits per heavy atom. The molecule has 2 aromatic rings. The van der Waals surface area contributed by atoms with E-state index in [4.69, 9.17) is 9.47 Å². The summed E-state index contributed by atoms with van der Waals surface area (Å²) in [6, 6.07) is 7.50. The Kier molecular flexibility index (Phi) is 7.84. The summed E-state index contributed by atoms with van der Waals surface area (Å²) in [5.74, 6) is 0.614. The molecule has 1 N–H and O–H groups in total. The highest BCUT2D eigenvalue weighted by Crippen LogP contribution is 2.22. The number of likely N-dealkylation sites (tertiary alicyclic amines) is 1. The topological polar surface area (TPSA) is 80.8 Å². The molecule has 1 aromatic heterocycles. The number of amides is 2. The molecule has 0 radical (unpaired) electrons. The first-order valence-corrected chi connectivity index (χ1v) is 11.0. The molecule has 1 aliphatic heterocycles. The van der Waals surface area contributed by atoms with Crippen molar-refractivity contribution in [1.82, 2.24) is 15.2 Å². The van der Waals surface area contributed by atoms with Crippen LogP contribution in [0.3, 0.4) is 0 Å². The van der Waals surface area contributed by atoms with Crippen molar-refractivity contribution in [3.05, 3.63) is 52.0 Å². The summed E-state index contributed by atoms with van der Waals surface area (Å²) in [7, 11) is 0. The number of aromatic nitrogens is 1. The van der Waals surface area contributed by atoms with E-state index in [1.54, 1.807) is 35.3 Å². The zero-order chi connectivity index (χ0) is 21.3. The van der Waals surface area contributed by atoms with E-state index in [0.29, 0.717) is 32.1 Å². The number of alkyl carbamates (subject to hydrolysis) is 1. The number of hydrogen-bond donors (Lipinski definition) is 1. The van der Waals surface area contributed by atoms with Crippen molar-refractivity contribution in [2.75, 3.05) is 19.7 Å². The van der Waals surface area contributed by atoms with Crippen LogP contribution in [0.4, 0.5) is 4.79 Å². The van der Waals surface area contributed by atoms with Crippen molar-refractivity contribution in [1.29, 1.82) is 0 Å². The molecule has 0 spiro atoms. The number of carbonyl (C=O) groups is 2. The summed E-state index contributed by atoms with van der Waals surface area (Å²) in [6.07, 6.45) is 4.56. The van der Waals surface area contributed by atoms with Crippen LogP contribution in [0.5, 0.6) is 5.75 Å². The lowest BCUT2D eigenvalue weighted by Gasteiger charge is -2.32. The molecule has 1 unspecified atom stereocenters. The lowest BCUT2D eigenvalue weighted by molar-refractivity contribution is -0.127. The zero-order valence-corrected chi connectivity index (χ0v) is 18.1. The van der Waals surface area contributed by atoms with E-state index in [-0.39, 0.29) is 11.9 Å². The van der Waals surface area contributed by atoms with Gasteiger partial charge >= 0.3 is 6.09 Å². The van der Waals surface area contributed by atoms with Crippen LogP contribution in [0, 0.1) is 6.92 Å². The smallest absolute Gasteiger partial charge is 0.407 e. The number of hydrogen-bond acceptors (Lipinski definition) is 6. The Labute approximate surface area is 180 Å². The summed E-state index contributed by atoms with van der Waals surface area (Å²) in [4.78, 5) is 30.5. The molecule has 2 heterocycles. The fourth-order valence-electron chi connectivity index (χ4n) is 3.28. The van der Waals surface area contributed by atoms with Crippen molar-refractivity contribution in [2.45, 2.75) is 39.3 Å². The predicted octanol–water partition coefficient (Wildman–Crippen LogP) is 3.78. The third-order valence-electron chi connectivity index (χ3n) is 4.70. The third-order valence-corrected chi connectivity index (χ3v) is 5.52. The Hall–Kier alpha value is -2.87. The molecule has 1 saturated heterocycles. The first kappa shape index (κ1) is 21.8. The van der Waals surface area contributed by atoms with Crippen LogP contribution < -0.4 is 10.1 Å². The molecule has 0 saturated carbocycles. The van der Waals surface area contributed by atoms with Gasteiger partial charge in [-0.3, -0.25) is 4.79 Å². The molecule has 7 nitrogen and oxygen atoms in total. The van der Waals surface area contributed by atoms with E-state index in [2.05, 4.69) is 10.3 Å². The Morgan fingerprint density at radius 2 is 2.20 bits per heavy atom. The van der Waals surface area contributed by atoms with Gasteiger partial charge in [0.1, 0.15) is 12.4 Å². The maximum Gasteiger partial charge on any atom is 0.407 e. The second-order valence-corrected chi connectivity index (χ2v) is 8.07. The minimum Gasteiger partial charge on any atom is -0.487 e.